The molecule has 6 heteroatoms. The van der Waals surface area contributed by atoms with Crippen molar-refractivity contribution in [3.05, 3.63) is 47.5 Å². The molecular formula is C20H22O6. The van der Waals surface area contributed by atoms with Gasteiger partial charge in [-0.2, -0.15) is 0 Å². The van der Waals surface area contributed by atoms with Crippen LogP contribution >= 0.6 is 0 Å². The largest absolute Gasteiger partial charge is 0.504 e. The predicted octanol–water partition coefficient (Wildman–Crippen LogP) is 3.19. The van der Waals surface area contributed by atoms with Crippen LogP contribution in [-0.4, -0.2) is 37.6 Å². The monoisotopic (exact) mass is 358 g/mol. The minimum absolute atomic E-state index is 0.104. The topological polar surface area (TPSA) is 77.4 Å². The van der Waals surface area contributed by atoms with Crippen LogP contribution < -0.4 is 9.47 Å². The van der Waals surface area contributed by atoms with Gasteiger partial charge in [-0.15, -0.1) is 0 Å². The zero-order valence-electron chi connectivity index (χ0n) is 14.7. The Morgan fingerprint density at radius 2 is 1.19 bits per heavy atom. The molecule has 2 aromatic rings. The molecule has 0 radical (unpaired) electrons. The Bertz CT molecular complexity index is 737. The normalized spacial score (nSPS) is 27.3. The first-order chi connectivity index (χ1) is 12.6. The summed E-state index contributed by atoms with van der Waals surface area (Å²) in [5.74, 6) is 1.48. The fourth-order valence-electron chi connectivity index (χ4n) is 4.00. The van der Waals surface area contributed by atoms with E-state index < -0.39 is 0 Å². The van der Waals surface area contributed by atoms with Crippen molar-refractivity contribution in [2.75, 3.05) is 27.4 Å². The molecule has 2 aliphatic rings. The number of phenols is 2. The fourth-order valence-corrected chi connectivity index (χ4v) is 4.00. The van der Waals surface area contributed by atoms with Crippen molar-refractivity contribution in [1.29, 1.82) is 0 Å². The van der Waals surface area contributed by atoms with Crippen molar-refractivity contribution in [2.24, 2.45) is 11.8 Å². The van der Waals surface area contributed by atoms with Gasteiger partial charge in [0.2, 0.25) is 0 Å². The number of hydrogen-bond acceptors (Lipinski definition) is 6. The molecule has 2 aliphatic heterocycles. The van der Waals surface area contributed by atoms with E-state index in [1.165, 1.54) is 14.2 Å². The molecule has 0 amide bonds. The van der Waals surface area contributed by atoms with E-state index in [1.54, 1.807) is 24.3 Å². The molecule has 26 heavy (non-hydrogen) atoms. The Hall–Kier alpha value is -2.44. The Balaban J connectivity index is 1.56. The van der Waals surface area contributed by atoms with Crippen molar-refractivity contribution in [3.63, 3.8) is 0 Å². The van der Waals surface area contributed by atoms with E-state index >= 15 is 0 Å². The highest BCUT2D eigenvalue weighted by Gasteiger charge is 2.48. The average molecular weight is 358 g/mol. The van der Waals surface area contributed by atoms with E-state index in [0.717, 1.165) is 11.1 Å². The van der Waals surface area contributed by atoms with Gasteiger partial charge < -0.3 is 29.2 Å². The minimum Gasteiger partial charge on any atom is -0.504 e. The highest BCUT2D eigenvalue weighted by Crippen LogP contribution is 2.51. The van der Waals surface area contributed by atoms with Gasteiger partial charge in [0.15, 0.2) is 23.0 Å². The molecule has 2 fully saturated rings. The van der Waals surface area contributed by atoms with Gasteiger partial charge in [0.25, 0.3) is 0 Å². The van der Waals surface area contributed by atoms with E-state index in [0.29, 0.717) is 24.7 Å². The third-order valence-electron chi connectivity index (χ3n) is 5.33. The van der Waals surface area contributed by atoms with Crippen molar-refractivity contribution < 1.29 is 29.2 Å². The molecule has 0 bridgehead atoms. The van der Waals surface area contributed by atoms with Crippen LogP contribution in [0.5, 0.6) is 23.0 Å². The van der Waals surface area contributed by atoms with Crippen LogP contribution in [0.15, 0.2) is 36.4 Å². The Morgan fingerprint density at radius 1 is 0.769 bits per heavy atom. The van der Waals surface area contributed by atoms with Crippen LogP contribution in [0.4, 0.5) is 0 Å². The number of ether oxygens (including phenoxy) is 4. The molecule has 0 aliphatic carbocycles. The number of hydrogen-bond donors (Lipinski definition) is 2. The van der Waals surface area contributed by atoms with E-state index in [4.69, 9.17) is 18.9 Å². The molecule has 6 nitrogen and oxygen atoms in total. The van der Waals surface area contributed by atoms with E-state index in [9.17, 15) is 10.2 Å². The van der Waals surface area contributed by atoms with Crippen LogP contribution in [0, 0.1) is 11.8 Å². The number of methoxy groups -OCH3 is 2. The summed E-state index contributed by atoms with van der Waals surface area (Å²) in [6.07, 6.45) is -0.262. The van der Waals surface area contributed by atoms with Gasteiger partial charge in [-0.05, 0) is 35.4 Å². The maximum Gasteiger partial charge on any atom is 0.160 e. The Morgan fingerprint density at radius 3 is 1.54 bits per heavy atom. The van der Waals surface area contributed by atoms with Crippen molar-refractivity contribution in [2.45, 2.75) is 12.2 Å². The number of phenolic OH excluding ortho intramolecular Hbond substituents is 2. The first-order valence-electron chi connectivity index (χ1n) is 8.59. The zero-order chi connectivity index (χ0) is 18.3. The molecule has 0 aromatic heterocycles. The molecule has 2 heterocycles. The van der Waals surface area contributed by atoms with Crippen molar-refractivity contribution in [3.8, 4) is 23.0 Å². The van der Waals surface area contributed by atoms with Gasteiger partial charge in [-0.25, -0.2) is 0 Å². The van der Waals surface area contributed by atoms with Gasteiger partial charge >= 0.3 is 0 Å². The summed E-state index contributed by atoms with van der Waals surface area (Å²) in [6, 6.07) is 10.7. The lowest BCUT2D eigenvalue weighted by molar-refractivity contribution is 0.0191. The van der Waals surface area contributed by atoms with E-state index in [1.807, 2.05) is 12.1 Å². The first-order valence-corrected chi connectivity index (χ1v) is 8.59. The molecule has 2 aromatic carbocycles. The number of fused-ring (bicyclic) bond motifs is 1. The second-order valence-electron chi connectivity index (χ2n) is 6.70. The van der Waals surface area contributed by atoms with Crippen LogP contribution in [0.2, 0.25) is 0 Å². The second-order valence-corrected chi connectivity index (χ2v) is 6.70. The maximum absolute atomic E-state index is 10.1. The molecule has 4 unspecified atom stereocenters. The summed E-state index contributed by atoms with van der Waals surface area (Å²) in [5.41, 5.74) is 1.83. The minimum atomic E-state index is -0.131. The molecule has 2 N–H and O–H groups in total. The molecule has 0 saturated carbocycles. The van der Waals surface area contributed by atoms with E-state index in [2.05, 4.69) is 0 Å². The Kier molecular flexibility index (Phi) is 4.38. The summed E-state index contributed by atoms with van der Waals surface area (Å²) in [6.45, 7) is 1.14. The summed E-state index contributed by atoms with van der Waals surface area (Å²) in [5, 5.41) is 20.1. The zero-order valence-corrected chi connectivity index (χ0v) is 14.7. The molecule has 2 saturated heterocycles. The third kappa shape index (κ3) is 2.75. The standard InChI is InChI=1S/C20H22O6/c1-23-17-5-3-11(7-15(17)21)19-13-9-26-20(14(13)10-25-19)12-4-6-18(24-2)16(22)8-12/h3-8,13-14,19-22H,9-10H2,1-2H3. The highest BCUT2D eigenvalue weighted by molar-refractivity contribution is 5.44. The van der Waals surface area contributed by atoms with Gasteiger partial charge in [0, 0.05) is 11.8 Å². The summed E-state index contributed by atoms with van der Waals surface area (Å²) >= 11 is 0. The van der Waals surface area contributed by atoms with Crippen LogP contribution in [0.1, 0.15) is 23.3 Å². The molecule has 0 spiro atoms. The van der Waals surface area contributed by atoms with Crippen molar-refractivity contribution >= 4 is 0 Å². The molecular weight excluding hydrogens is 336 g/mol. The second kappa shape index (κ2) is 6.70. The average Bonchev–Trinajstić information content (AvgIpc) is 3.23. The summed E-state index contributed by atoms with van der Waals surface area (Å²) < 4.78 is 22.3. The van der Waals surface area contributed by atoms with Crippen LogP contribution in [0.3, 0.4) is 0 Å². The lowest BCUT2D eigenvalue weighted by atomic mass is 9.85. The highest BCUT2D eigenvalue weighted by atomic mass is 16.5. The smallest absolute Gasteiger partial charge is 0.160 e. The molecule has 138 valence electrons. The van der Waals surface area contributed by atoms with Gasteiger partial charge in [0.05, 0.1) is 39.6 Å². The van der Waals surface area contributed by atoms with Gasteiger partial charge in [0.1, 0.15) is 0 Å². The first kappa shape index (κ1) is 17.0. The van der Waals surface area contributed by atoms with Crippen molar-refractivity contribution in [1.82, 2.24) is 0 Å². The lowest BCUT2D eigenvalue weighted by Crippen LogP contribution is -2.14. The van der Waals surface area contributed by atoms with E-state index in [-0.39, 0.29) is 35.5 Å². The van der Waals surface area contributed by atoms with Crippen LogP contribution in [-0.2, 0) is 9.47 Å². The number of rotatable bonds is 4. The SMILES string of the molecule is COc1ccc(C2OCC3C(c4ccc(OC)c(O)c4)OCC23)cc1O. The van der Waals surface area contributed by atoms with Gasteiger partial charge in [-0.3, -0.25) is 0 Å². The predicted molar refractivity (Wildman–Crippen MR) is 93.7 cm³/mol. The quantitative estimate of drug-likeness (QED) is 0.874. The fraction of sp³-hybridized carbons (Fsp3) is 0.400. The summed E-state index contributed by atoms with van der Waals surface area (Å²) in [7, 11) is 3.05. The molecule has 4 rings (SSSR count). The van der Waals surface area contributed by atoms with Gasteiger partial charge in [-0.1, -0.05) is 12.1 Å². The maximum atomic E-state index is 10.1. The van der Waals surface area contributed by atoms with Crippen LogP contribution in [0.25, 0.3) is 0 Å². The third-order valence-corrected chi connectivity index (χ3v) is 5.33. The summed E-state index contributed by atoms with van der Waals surface area (Å²) in [4.78, 5) is 0. The lowest BCUT2D eigenvalue weighted by Gasteiger charge is -2.18. The molecule has 4 atom stereocenters. The number of benzene rings is 2. The Labute approximate surface area is 151 Å². The number of aromatic hydroxyl groups is 2.